The third kappa shape index (κ3) is 4.21. The highest BCUT2D eigenvalue weighted by atomic mass is 35.5. The lowest BCUT2D eigenvalue weighted by Gasteiger charge is -2.35. The van der Waals surface area contributed by atoms with Gasteiger partial charge in [-0.05, 0) is 63.3 Å². The molecule has 29 heavy (non-hydrogen) atoms. The van der Waals surface area contributed by atoms with Gasteiger partial charge in [-0.3, -0.25) is 4.79 Å². The lowest BCUT2D eigenvalue weighted by molar-refractivity contribution is 0.0650. The molecule has 4 rings (SSSR count). The first-order valence-corrected chi connectivity index (χ1v) is 10.3. The number of rotatable bonds is 4. The zero-order valence-electron chi connectivity index (χ0n) is 16.8. The number of para-hydroxylation sites is 1. The quantitative estimate of drug-likeness (QED) is 0.644. The van der Waals surface area contributed by atoms with E-state index in [1.165, 1.54) is 0 Å². The number of likely N-dealkylation sites (tertiary alicyclic amines) is 1. The van der Waals surface area contributed by atoms with Crippen molar-refractivity contribution in [2.45, 2.75) is 18.9 Å². The van der Waals surface area contributed by atoms with E-state index in [1.807, 2.05) is 72.6 Å². The van der Waals surface area contributed by atoms with Crippen molar-refractivity contribution in [2.75, 3.05) is 27.2 Å². The molecule has 1 aliphatic rings. The maximum atomic E-state index is 13.4. The Kier molecular flexibility index (Phi) is 5.69. The average molecular weight is 409 g/mol. The molecule has 1 fully saturated rings. The maximum Gasteiger partial charge on any atom is 0.272 e. The third-order valence-electron chi connectivity index (χ3n) is 5.63. The molecule has 0 bridgehead atoms. The van der Waals surface area contributed by atoms with Crippen LogP contribution in [0, 0.1) is 0 Å². The van der Waals surface area contributed by atoms with Gasteiger partial charge in [-0.25, -0.2) is 4.68 Å². The molecule has 1 aliphatic heterocycles. The van der Waals surface area contributed by atoms with E-state index in [2.05, 4.69) is 11.9 Å². The number of nitrogens with zero attached hydrogens (tertiary/aromatic N) is 4. The molecule has 1 saturated heterocycles. The summed E-state index contributed by atoms with van der Waals surface area (Å²) in [6, 6.07) is 19.4. The molecule has 1 aromatic heterocycles. The first-order valence-electron chi connectivity index (χ1n) is 9.90. The summed E-state index contributed by atoms with van der Waals surface area (Å²) in [4.78, 5) is 17.6. The van der Waals surface area contributed by atoms with Crippen LogP contribution in [0.4, 0.5) is 0 Å². The summed E-state index contributed by atoms with van der Waals surface area (Å²) in [5, 5.41) is 5.43. The van der Waals surface area contributed by atoms with Gasteiger partial charge < -0.3 is 9.80 Å². The molecule has 0 atom stereocenters. The molecular formula is C23H25ClN4O. The van der Waals surface area contributed by atoms with Crippen LogP contribution in [0.15, 0.2) is 60.7 Å². The summed E-state index contributed by atoms with van der Waals surface area (Å²) in [6.45, 7) is 2.02. The number of amides is 1. The van der Waals surface area contributed by atoms with E-state index in [9.17, 15) is 4.79 Å². The van der Waals surface area contributed by atoms with Crippen molar-refractivity contribution in [3.8, 4) is 16.9 Å². The first-order chi connectivity index (χ1) is 14.0. The van der Waals surface area contributed by atoms with Crippen LogP contribution < -0.4 is 0 Å². The molecular weight excluding hydrogens is 384 g/mol. The predicted molar refractivity (Wildman–Crippen MR) is 117 cm³/mol. The van der Waals surface area contributed by atoms with Crippen molar-refractivity contribution in [1.82, 2.24) is 19.6 Å². The minimum atomic E-state index is -0.00359. The highest BCUT2D eigenvalue weighted by Gasteiger charge is 2.27. The molecule has 3 aromatic rings. The number of hydrogen-bond donors (Lipinski definition) is 0. The van der Waals surface area contributed by atoms with E-state index in [1.54, 1.807) is 4.68 Å². The number of halogens is 1. The molecule has 0 aliphatic carbocycles. The highest BCUT2D eigenvalue weighted by Crippen LogP contribution is 2.25. The monoisotopic (exact) mass is 408 g/mol. The van der Waals surface area contributed by atoms with E-state index in [-0.39, 0.29) is 11.9 Å². The number of benzene rings is 2. The zero-order valence-corrected chi connectivity index (χ0v) is 17.5. The minimum Gasteiger partial charge on any atom is -0.337 e. The second-order valence-corrected chi connectivity index (χ2v) is 8.06. The Balaban J connectivity index is 1.70. The summed E-state index contributed by atoms with van der Waals surface area (Å²) >= 11 is 6.03. The normalized spacial score (nSPS) is 15.4. The Labute approximate surface area is 176 Å². The average Bonchev–Trinajstić information content (AvgIpc) is 3.20. The van der Waals surface area contributed by atoms with Gasteiger partial charge in [-0.15, -0.1) is 0 Å². The molecule has 0 spiro atoms. The fraction of sp³-hybridized carbons (Fsp3) is 0.304. The van der Waals surface area contributed by atoms with Gasteiger partial charge in [0.05, 0.1) is 11.4 Å². The Hall–Kier alpha value is -2.63. The van der Waals surface area contributed by atoms with Gasteiger partial charge in [0.15, 0.2) is 0 Å². The maximum absolute atomic E-state index is 13.4. The molecule has 5 nitrogen and oxygen atoms in total. The van der Waals surface area contributed by atoms with Gasteiger partial charge in [0, 0.05) is 23.7 Å². The van der Waals surface area contributed by atoms with Crippen LogP contribution in [0.2, 0.25) is 5.02 Å². The second-order valence-electron chi connectivity index (χ2n) is 7.62. The van der Waals surface area contributed by atoms with Crippen molar-refractivity contribution in [3.63, 3.8) is 0 Å². The van der Waals surface area contributed by atoms with E-state index in [4.69, 9.17) is 16.7 Å². The number of hydrogen-bond acceptors (Lipinski definition) is 3. The number of carbonyl (C=O) groups is 1. The Bertz CT molecular complexity index is 976. The van der Waals surface area contributed by atoms with Gasteiger partial charge >= 0.3 is 0 Å². The van der Waals surface area contributed by atoms with Crippen LogP contribution in [-0.4, -0.2) is 58.7 Å². The standard InChI is InChI=1S/C23H25ClN4O/c1-26-14-12-19(13-15-26)27(2)23(29)22-16-21(17-8-10-18(24)11-9-17)25-28(22)20-6-4-3-5-7-20/h3-11,16,19H,12-15H2,1-2H3. The summed E-state index contributed by atoms with van der Waals surface area (Å²) in [7, 11) is 4.03. The van der Waals surface area contributed by atoms with Crippen molar-refractivity contribution >= 4 is 17.5 Å². The Morgan fingerprint density at radius 2 is 1.72 bits per heavy atom. The first kappa shape index (κ1) is 19.7. The van der Waals surface area contributed by atoms with Gasteiger partial charge in [0.25, 0.3) is 5.91 Å². The SMILES string of the molecule is CN1CCC(N(C)C(=O)c2cc(-c3ccc(Cl)cc3)nn2-c2ccccc2)CC1. The largest absolute Gasteiger partial charge is 0.337 e. The fourth-order valence-electron chi connectivity index (χ4n) is 3.79. The lowest BCUT2D eigenvalue weighted by Crippen LogP contribution is -2.44. The lowest BCUT2D eigenvalue weighted by atomic mass is 10.0. The van der Waals surface area contributed by atoms with Crippen LogP contribution in [-0.2, 0) is 0 Å². The van der Waals surface area contributed by atoms with Crippen molar-refractivity contribution < 1.29 is 4.79 Å². The third-order valence-corrected chi connectivity index (χ3v) is 5.88. The van der Waals surface area contributed by atoms with Gasteiger partial charge in [-0.2, -0.15) is 5.10 Å². The predicted octanol–water partition coefficient (Wildman–Crippen LogP) is 4.36. The summed E-state index contributed by atoms with van der Waals surface area (Å²) in [5.41, 5.74) is 3.13. The smallest absolute Gasteiger partial charge is 0.272 e. The summed E-state index contributed by atoms with van der Waals surface area (Å²) in [5.74, 6) is -0.00359. The number of aromatic nitrogens is 2. The van der Waals surface area contributed by atoms with Crippen LogP contribution in [0.25, 0.3) is 16.9 Å². The Morgan fingerprint density at radius 1 is 1.07 bits per heavy atom. The van der Waals surface area contributed by atoms with Gasteiger partial charge in [0.2, 0.25) is 0 Å². The fourth-order valence-corrected chi connectivity index (χ4v) is 3.92. The van der Waals surface area contributed by atoms with Crippen LogP contribution in [0.5, 0.6) is 0 Å². The topological polar surface area (TPSA) is 41.4 Å². The van der Waals surface area contributed by atoms with Gasteiger partial charge in [-0.1, -0.05) is 41.9 Å². The molecule has 0 saturated carbocycles. The van der Waals surface area contributed by atoms with Crippen LogP contribution in [0.1, 0.15) is 23.3 Å². The highest BCUT2D eigenvalue weighted by molar-refractivity contribution is 6.30. The van der Waals surface area contributed by atoms with Crippen molar-refractivity contribution in [2.24, 2.45) is 0 Å². The molecule has 0 unspecified atom stereocenters. The van der Waals surface area contributed by atoms with Crippen LogP contribution in [0.3, 0.4) is 0 Å². The van der Waals surface area contributed by atoms with Crippen molar-refractivity contribution in [1.29, 1.82) is 0 Å². The van der Waals surface area contributed by atoms with E-state index >= 15 is 0 Å². The molecule has 150 valence electrons. The Morgan fingerprint density at radius 3 is 2.38 bits per heavy atom. The minimum absolute atomic E-state index is 0.00359. The number of piperidine rings is 1. The van der Waals surface area contributed by atoms with Gasteiger partial charge in [0.1, 0.15) is 5.69 Å². The summed E-state index contributed by atoms with van der Waals surface area (Å²) < 4.78 is 1.75. The van der Waals surface area contributed by atoms with E-state index in [0.29, 0.717) is 10.7 Å². The zero-order chi connectivity index (χ0) is 20.4. The molecule has 1 amide bonds. The molecule has 2 aromatic carbocycles. The van der Waals surface area contributed by atoms with E-state index < -0.39 is 0 Å². The van der Waals surface area contributed by atoms with E-state index in [0.717, 1.165) is 42.9 Å². The van der Waals surface area contributed by atoms with Crippen LogP contribution >= 0.6 is 11.6 Å². The molecule has 6 heteroatoms. The second kappa shape index (κ2) is 8.39. The molecule has 0 radical (unpaired) electrons. The molecule has 2 heterocycles. The molecule has 0 N–H and O–H groups in total. The summed E-state index contributed by atoms with van der Waals surface area (Å²) in [6.07, 6.45) is 1.98. The number of carbonyl (C=O) groups excluding carboxylic acids is 1. The van der Waals surface area contributed by atoms with Crippen molar-refractivity contribution in [3.05, 3.63) is 71.4 Å².